The molecule has 0 N–H and O–H groups in total. The van der Waals surface area contributed by atoms with Crippen LogP contribution in [0.2, 0.25) is 5.02 Å². The van der Waals surface area contributed by atoms with Crippen molar-refractivity contribution in [1.29, 1.82) is 0 Å². The van der Waals surface area contributed by atoms with E-state index in [0.717, 1.165) is 35.4 Å². The van der Waals surface area contributed by atoms with Crippen molar-refractivity contribution in [2.75, 3.05) is 26.3 Å². The van der Waals surface area contributed by atoms with E-state index in [1.165, 1.54) is 0 Å². The number of piperidine rings is 1. The van der Waals surface area contributed by atoms with Crippen LogP contribution in [0.25, 0.3) is 16.9 Å². The number of imidazole rings is 1. The van der Waals surface area contributed by atoms with Crippen LogP contribution in [0.5, 0.6) is 0 Å². The minimum absolute atomic E-state index is 0.0960. The second-order valence-corrected chi connectivity index (χ2v) is 7.94. The molecule has 2 saturated heterocycles. The highest BCUT2D eigenvalue weighted by Crippen LogP contribution is 2.32. The lowest BCUT2D eigenvalue weighted by Crippen LogP contribution is -2.47. The molecule has 2 aliphatic rings. The number of rotatable bonds is 3. The fourth-order valence-electron chi connectivity index (χ4n) is 4.19. The molecule has 1 aromatic carbocycles. The first-order valence-electron chi connectivity index (χ1n) is 9.91. The predicted octanol–water partition coefficient (Wildman–Crippen LogP) is 3.56. The topological polar surface area (TPSA) is 56.1 Å². The number of likely N-dealkylation sites (tertiary alicyclic amines) is 1. The lowest BCUT2D eigenvalue weighted by Gasteiger charge is -2.37. The number of ether oxygens (including phenoxy) is 2. The van der Waals surface area contributed by atoms with E-state index in [-0.39, 0.29) is 12.3 Å². The van der Waals surface area contributed by atoms with Gasteiger partial charge in [0.1, 0.15) is 5.65 Å². The van der Waals surface area contributed by atoms with Crippen LogP contribution in [0, 0.1) is 0 Å². The Labute approximate surface area is 174 Å². The fourth-order valence-corrected chi connectivity index (χ4v) is 4.32. The van der Waals surface area contributed by atoms with Gasteiger partial charge in [0.2, 0.25) is 5.91 Å². The van der Waals surface area contributed by atoms with E-state index < -0.39 is 5.79 Å². The Balaban J connectivity index is 1.41. The maximum Gasteiger partial charge on any atom is 0.228 e. The molecule has 0 bridgehead atoms. The number of aromatic nitrogens is 2. The first-order chi connectivity index (χ1) is 14.1. The molecule has 0 saturated carbocycles. The molecular formula is C22H22ClN3O3. The third-order valence-corrected chi connectivity index (χ3v) is 6.01. The summed E-state index contributed by atoms with van der Waals surface area (Å²) < 4.78 is 13.5. The van der Waals surface area contributed by atoms with Gasteiger partial charge in [-0.05, 0) is 24.3 Å². The average molecular weight is 412 g/mol. The Bertz CT molecular complexity index is 1030. The Hall–Kier alpha value is -2.41. The second-order valence-electron chi connectivity index (χ2n) is 7.51. The number of nitrogens with zero attached hydrogens (tertiary/aromatic N) is 3. The highest BCUT2D eigenvalue weighted by molar-refractivity contribution is 6.30. The monoisotopic (exact) mass is 411 g/mol. The molecule has 0 unspecified atom stereocenters. The van der Waals surface area contributed by atoms with Crippen molar-refractivity contribution < 1.29 is 14.3 Å². The summed E-state index contributed by atoms with van der Waals surface area (Å²) in [5.74, 6) is -0.382. The molecule has 0 atom stereocenters. The van der Waals surface area contributed by atoms with Crippen molar-refractivity contribution in [3.05, 3.63) is 59.4 Å². The number of pyridine rings is 1. The average Bonchev–Trinajstić information content (AvgIpc) is 3.34. The third kappa shape index (κ3) is 3.52. The zero-order valence-electron chi connectivity index (χ0n) is 16.0. The molecule has 0 aliphatic carbocycles. The summed E-state index contributed by atoms with van der Waals surface area (Å²) in [5.41, 5.74) is 3.48. The molecule has 2 fully saturated rings. The number of amides is 1. The largest absolute Gasteiger partial charge is 0.347 e. The zero-order chi connectivity index (χ0) is 19.8. The standard InChI is InChI=1S/C22H22ClN3O3/c23-17-6-4-16(5-7-17)21-18(26-10-2-1-3-19(26)24-21)15-20(27)25-11-8-22(9-12-25)28-13-14-29-22/h1-7,10H,8-9,11-15H2. The van der Waals surface area contributed by atoms with Crippen LogP contribution in [0.4, 0.5) is 0 Å². The Morgan fingerprint density at radius 3 is 2.52 bits per heavy atom. The summed E-state index contributed by atoms with van der Waals surface area (Å²) in [7, 11) is 0. The minimum Gasteiger partial charge on any atom is -0.347 e. The summed E-state index contributed by atoms with van der Waals surface area (Å²) in [6.07, 6.45) is 3.68. The lowest BCUT2D eigenvalue weighted by molar-refractivity contribution is -0.187. The molecule has 2 aliphatic heterocycles. The van der Waals surface area contributed by atoms with Crippen LogP contribution >= 0.6 is 11.6 Å². The number of carbonyl (C=O) groups excluding carboxylic acids is 1. The van der Waals surface area contributed by atoms with Crippen molar-refractivity contribution >= 4 is 23.2 Å². The minimum atomic E-state index is -0.478. The van der Waals surface area contributed by atoms with Crippen LogP contribution in [-0.2, 0) is 20.7 Å². The normalized spacial score (nSPS) is 18.6. The zero-order valence-corrected chi connectivity index (χ0v) is 16.8. The number of benzene rings is 1. The van der Waals surface area contributed by atoms with Gasteiger partial charge in [0.15, 0.2) is 5.79 Å². The van der Waals surface area contributed by atoms with Crippen LogP contribution < -0.4 is 0 Å². The number of hydrogen-bond acceptors (Lipinski definition) is 4. The van der Waals surface area contributed by atoms with Gasteiger partial charge in [-0.3, -0.25) is 4.79 Å². The summed E-state index contributed by atoms with van der Waals surface area (Å²) >= 11 is 6.05. The molecule has 6 nitrogen and oxygen atoms in total. The maximum atomic E-state index is 13.1. The highest BCUT2D eigenvalue weighted by Gasteiger charge is 2.40. The van der Waals surface area contributed by atoms with E-state index in [2.05, 4.69) is 0 Å². The number of fused-ring (bicyclic) bond motifs is 1. The van der Waals surface area contributed by atoms with E-state index in [9.17, 15) is 4.79 Å². The maximum absolute atomic E-state index is 13.1. The van der Waals surface area contributed by atoms with E-state index in [0.29, 0.717) is 31.3 Å². The van der Waals surface area contributed by atoms with E-state index in [1.807, 2.05) is 58.0 Å². The fraction of sp³-hybridized carbons (Fsp3) is 0.364. The van der Waals surface area contributed by atoms with Gasteiger partial charge in [-0.1, -0.05) is 29.8 Å². The molecule has 2 aromatic heterocycles. The van der Waals surface area contributed by atoms with E-state index in [1.54, 1.807) is 0 Å². The van der Waals surface area contributed by atoms with Crippen molar-refractivity contribution in [3.8, 4) is 11.3 Å². The summed E-state index contributed by atoms with van der Waals surface area (Å²) in [6, 6.07) is 13.4. The molecule has 4 heterocycles. The molecule has 5 rings (SSSR count). The van der Waals surface area contributed by atoms with Gasteiger partial charge in [-0.25, -0.2) is 4.98 Å². The van der Waals surface area contributed by atoms with Gasteiger partial charge in [0.25, 0.3) is 0 Å². The molecule has 1 spiro atoms. The van der Waals surface area contributed by atoms with E-state index >= 15 is 0 Å². The first kappa shape index (κ1) is 18.6. The van der Waals surface area contributed by atoms with Crippen LogP contribution in [0.1, 0.15) is 18.5 Å². The number of halogens is 1. The Morgan fingerprint density at radius 1 is 1.07 bits per heavy atom. The van der Waals surface area contributed by atoms with Crippen LogP contribution in [0.3, 0.4) is 0 Å². The Morgan fingerprint density at radius 2 is 1.79 bits per heavy atom. The quantitative estimate of drug-likeness (QED) is 0.661. The van der Waals surface area contributed by atoms with Crippen LogP contribution in [0.15, 0.2) is 48.7 Å². The van der Waals surface area contributed by atoms with Crippen LogP contribution in [-0.4, -0.2) is 52.3 Å². The second kappa shape index (κ2) is 7.44. The number of carbonyl (C=O) groups is 1. The molecule has 3 aromatic rings. The SMILES string of the molecule is O=C(Cc1c(-c2ccc(Cl)cc2)nc2ccccn12)N1CCC2(CC1)OCCO2. The summed E-state index contributed by atoms with van der Waals surface area (Å²) in [4.78, 5) is 19.8. The van der Waals surface area contributed by atoms with E-state index in [4.69, 9.17) is 26.1 Å². The smallest absolute Gasteiger partial charge is 0.228 e. The third-order valence-electron chi connectivity index (χ3n) is 5.76. The van der Waals surface area contributed by atoms with Gasteiger partial charge in [-0.2, -0.15) is 0 Å². The van der Waals surface area contributed by atoms with Gasteiger partial charge in [0.05, 0.1) is 31.0 Å². The molecule has 7 heteroatoms. The summed E-state index contributed by atoms with van der Waals surface area (Å²) in [5, 5.41) is 0.675. The predicted molar refractivity (Wildman–Crippen MR) is 110 cm³/mol. The molecule has 1 amide bonds. The first-order valence-corrected chi connectivity index (χ1v) is 10.3. The van der Waals surface area contributed by atoms with Gasteiger partial charge in [0, 0.05) is 42.7 Å². The molecule has 0 radical (unpaired) electrons. The number of hydrogen-bond donors (Lipinski definition) is 0. The molecule has 150 valence electrons. The Kier molecular flexibility index (Phi) is 4.78. The van der Waals surface area contributed by atoms with Gasteiger partial charge >= 0.3 is 0 Å². The molecular weight excluding hydrogens is 390 g/mol. The summed E-state index contributed by atoms with van der Waals surface area (Å²) in [6.45, 7) is 2.57. The van der Waals surface area contributed by atoms with Crippen molar-refractivity contribution in [2.24, 2.45) is 0 Å². The molecule has 29 heavy (non-hydrogen) atoms. The lowest BCUT2D eigenvalue weighted by atomic mass is 10.0. The van der Waals surface area contributed by atoms with Gasteiger partial charge in [-0.15, -0.1) is 0 Å². The van der Waals surface area contributed by atoms with Crippen molar-refractivity contribution in [1.82, 2.24) is 14.3 Å². The van der Waals surface area contributed by atoms with Crippen molar-refractivity contribution in [2.45, 2.75) is 25.0 Å². The highest BCUT2D eigenvalue weighted by atomic mass is 35.5. The van der Waals surface area contributed by atoms with Crippen molar-refractivity contribution in [3.63, 3.8) is 0 Å². The van der Waals surface area contributed by atoms with Gasteiger partial charge < -0.3 is 18.8 Å².